The first-order chi connectivity index (χ1) is 10.8. The molecule has 2 aromatic carbocycles. The molecule has 0 saturated carbocycles. The third-order valence-corrected chi connectivity index (χ3v) is 3.60. The number of imidazole rings is 1. The number of hydrogen-bond acceptors (Lipinski definition) is 4. The van der Waals surface area contributed by atoms with Crippen LogP contribution < -0.4 is 10.6 Å². The Hall–Kier alpha value is -3.08. The van der Waals surface area contributed by atoms with E-state index in [0.29, 0.717) is 12.6 Å². The van der Waals surface area contributed by atoms with Crippen LogP contribution in [0.25, 0.3) is 21.9 Å². The molecule has 4 rings (SSSR count). The third-order valence-electron chi connectivity index (χ3n) is 3.60. The molecule has 5 nitrogen and oxygen atoms in total. The Morgan fingerprint density at radius 2 is 1.73 bits per heavy atom. The van der Waals surface area contributed by atoms with Crippen molar-refractivity contribution in [2.45, 2.75) is 6.61 Å². The van der Waals surface area contributed by atoms with Gasteiger partial charge < -0.3 is 10.6 Å². The van der Waals surface area contributed by atoms with Gasteiger partial charge in [0.1, 0.15) is 17.6 Å². The smallest absolute Gasteiger partial charge is 0.316 e. The van der Waals surface area contributed by atoms with Crippen molar-refractivity contribution < 1.29 is 4.74 Å². The van der Waals surface area contributed by atoms with E-state index in [0.717, 1.165) is 27.5 Å². The number of fused-ring (bicyclic) bond motifs is 3. The maximum Gasteiger partial charge on any atom is 0.316 e. The van der Waals surface area contributed by atoms with Crippen LogP contribution in [0.4, 0.5) is 0 Å². The maximum absolute atomic E-state index is 6.17. The van der Waals surface area contributed by atoms with Gasteiger partial charge in [-0.1, -0.05) is 48.5 Å². The van der Waals surface area contributed by atoms with E-state index in [2.05, 4.69) is 9.97 Å². The van der Waals surface area contributed by atoms with E-state index in [1.807, 2.05) is 54.6 Å². The number of pyridine rings is 1. The van der Waals surface area contributed by atoms with E-state index >= 15 is 0 Å². The number of ether oxygens (including phenoxy) is 1. The van der Waals surface area contributed by atoms with Gasteiger partial charge in [0.05, 0.1) is 11.7 Å². The zero-order valence-electron chi connectivity index (χ0n) is 11.8. The van der Waals surface area contributed by atoms with Crippen LogP contribution in [0.2, 0.25) is 0 Å². The highest BCUT2D eigenvalue weighted by atomic mass is 16.5. The lowest BCUT2D eigenvalue weighted by Gasteiger charge is -2.06. The molecule has 0 saturated heterocycles. The first-order valence-electron chi connectivity index (χ1n) is 7.01. The summed E-state index contributed by atoms with van der Waals surface area (Å²) in [6.07, 6.45) is 1.72. The highest BCUT2D eigenvalue weighted by molar-refractivity contribution is 6.02. The zero-order valence-corrected chi connectivity index (χ0v) is 11.8. The predicted molar refractivity (Wildman–Crippen MR) is 86.0 cm³/mol. The van der Waals surface area contributed by atoms with Crippen molar-refractivity contribution in [2.24, 2.45) is 0 Å². The Morgan fingerprint density at radius 3 is 2.59 bits per heavy atom. The number of nitrogens with two attached hydrogens (primary N) is 1. The number of para-hydroxylation sites is 1. The second-order valence-electron chi connectivity index (χ2n) is 5.05. The number of hydrogen-bond donors (Lipinski definition) is 1. The Balaban J connectivity index is 1.76. The van der Waals surface area contributed by atoms with Crippen LogP contribution >= 0.6 is 0 Å². The van der Waals surface area contributed by atoms with Crippen LogP contribution in [0.15, 0.2) is 60.8 Å². The minimum atomic E-state index is 0.386. The summed E-state index contributed by atoms with van der Waals surface area (Å²) in [6, 6.07) is 18.1. The molecule has 0 radical (unpaired) electrons. The lowest BCUT2D eigenvalue weighted by Crippen LogP contribution is -2.11. The Morgan fingerprint density at radius 1 is 0.955 bits per heavy atom. The average molecular weight is 290 g/mol. The van der Waals surface area contributed by atoms with Gasteiger partial charge in [0.2, 0.25) is 0 Å². The topological polar surface area (TPSA) is 66.0 Å². The number of benzene rings is 2. The Kier molecular flexibility index (Phi) is 2.89. The molecule has 108 valence electrons. The molecule has 2 aromatic heterocycles. The standard InChI is InChI=1S/C17H14N4O/c18-21-16-13-8-4-5-9-14(13)19-10-15(16)20-17(21)22-11-12-6-2-1-3-7-12/h1-10H,11,18H2. The molecule has 0 amide bonds. The summed E-state index contributed by atoms with van der Waals surface area (Å²) < 4.78 is 7.24. The quantitative estimate of drug-likeness (QED) is 0.589. The molecular formula is C17H14N4O. The molecule has 0 bridgehead atoms. The molecule has 0 aliphatic heterocycles. The molecule has 0 spiro atoms. The Bertz CT molecular complexity index is 947. The zero-order chi connectivity index (χ0) is 14.9. The van der Waals surface area contributed by atoms with E-state index in [9.17, 15) is 0 Å². The number of nitrogen functional groups attached to an aromatic ring is 1. The van der Waals surface area contributed by atoms with Crippen LogP contribution in [0.5, 0.6) is 6.01 Å². The van der Waals surface area contributed by atoms with Gasteiger partial charge in [-0.15, -0.1) is 0 Å². The normalized spacial score (nSPS) is 11.1. The fraction of sp³-hybridized carbons (Fsp3) is 0.0588. The maximum atomic E-state index is 6.17. The number of nitrogens with zero attached hydrogens (tertiary/aromatic N) is 3. The van der Waals surface area contributed by atoms with Crippen molar-refractivity contribution in [3.63, 3.8) is 0 Å². The summed E-state index contributed by atoms with van der Waals surface area (Å²) in [7, 11) is 0. The molecular weight excluding hydrogens is 276 g/mol. The molecule has 0 aliphatic rings. The summed E-state index contributed by atoms with van der Waals surface area (Å²) >= 11 is 0. The van der Waals surface area contributed by atoms with E-state index in [1.54, 1.807) is 6.20 Å². The fourth-order valence-corrected chi connectivity index (χ4v) is 2.53. The second kappa shape index (κ2) is 5.04. The summed E-state index contributed by atoms with van der Waals surface area (Å²) in [5.41, 5.74) is 3.51. The van der Waals surface area contributed by atoms with Crippen LogP contribution in [0.1, 0.15) is 5.56 Å². The van der Waals surface area contributed by atoms with E-state index in [4.69, 9.17) is 10.6 Å². The van der Waals surface area contributed by atoms with Crippen LogP contribution in [-0.2, 0) is 6.61 Å². The van der Waals surface area contributed by atoms with Gasteiger partial charge >= 0.3 is 6.01 Å². The number of rotatable bonds is 3. The van der Waals surface area contributed by atoms with Gasteiger partial charge in [-0.05, 0) is 11.6 Å². The van der Waals surface area contributed by atoms with Crippen molar-refractivity contribution in [2.75, 3.05) is 5.84 Å². The molecule has 0 unspecified atom stereocenters. The molecule has 22 heavy (non-hydrogen) atoms. The molecule has 5 heteroatoms. The van der Waals surface area contributed by atoms with Gasteiger partial charge in [-0.3, -0.25) is 4.98 Å². The summed E-state index contributed by atoms with van der Waals surface area (Å²) in [5.74, 6) is 6.17. The lowest BCUT2D eigenvalue weighted by atomic mass is 10.2. The van der Waals surface area contributed by atoms with Crippen molar-refractivity contribution in [3.05, 3.63) is 66.4 Å². The molecule has 0 aliphatic carbocycles. The highest BCUT2D eigenvalue weighted by Crippen LogP contribution is 2.25. The third kappa shape index (κ3) is 2.03. The SMILES string of the molecule is Nn1c(OCc2ccccc2)nc2cnc3ccccc3c21. The molecule has 4 aromatic rings. The first-order valence-corrected chi connectivity index (χ1v) is 7.01. The van der Waals surface area contributed by atoms with Gasteiger partial charge in [-0.2, -0.15) is 4.98 Å². The molecule has 0 atom stereocenters. The fourth-order valence-electron chi connectivity index (χ4n) is 2.53. The predicted octanol–water partition coefficient (Wildman–Crippen LogP) is 2.88. The van der Waals surface area contributed by atoms with Gasteiger partial charge in [0, 0.05) is 5.39 Å². The minimum absolute atomic E-state index is 0.386. The first kappa shape index (κ1) is 12.6. The van der Waals surface area contributed by atoms with Crippen LogP contribution in [0.3, 0.4) is 0 Å². The van der Waals surface area contributed by atoms with E-state index in [-0.39, 0.29) is 0 Å². The van der Waals surface area contributed by atoms with Crippen molar-refractivity contribution in [1.82, 2.24) is 14.6 Å². The Labute approximate surface area is 126 Å². The van der Waals surface area contributed by atoms with Crippen molar-refractivity contribution in [3.8, 4) is 6.01 Å². The largest absolute Gasteiger partial charge is 0.459 e. The highest BCUT2D eigenvalue weighted by Gasteiger charge is 2.13. The monoisotopic (exact) mass is 290 g/mol. The van der Waals surface area contributed by atoms with Crippen LogP contribution in [-0.4, -0.2) is 14.6 Å². The molecule has 2 N–H and O–H groups in total. The van der Waals surface area contributed by atoms with Crippen molar-refractivity contribution >= 4 is 21.9 Å². The minimum Gasteiger partial charge on any atom is -0.459 e. The second-order valence-corrected chi connectivity index (χ2v) is 5.05. The van der Waals surface area contributed by atoms with Gasteiger partial charge in [-0.25, -0.2) is 4.68 Å². The van der Waals surface area contributed by atoms with Gasteiger partial charge in [0.25, 0.3) is 0 Å². The van der Waals surface area contributed by atoms with Gasteiger partial charge in [0.15, 0.2) is 0 Å². The summed E-state index contributed by atoms with van der Waals surface area (Å²) in [5, 5.41) is 0.963. The van der Waals surface area contributed by atoms with E-state index in [1.165, 1.54) is 4.68 Å². The summed E-state index contributed by atoms with van der Waals surface area (Å²) in [6.45, 7) is 0.423. The van der Waals surface area contributed by atoms with E-state index < -0.39 is 0 Å². The summed E-state index contributed by atoms with van der Waals surface area (Å²) in [4.78, 5) is 8.83. The molecule has 0 fully saturated rings. The number of aromatic nitrogens is 3. The average Bonchev–Trinajstić information content (AvgIpc) is 2.90. The van der Waals surface area contributed by atoms with Crippen molar-refractivity contribution in [1.29, 1.82) is 0 Å². The molecule has 2 heterocycles. The lowest BCUT2D eigenvalue weighted by molar-refractivity contribution is 0.276. The van der Waals surface area contributed by atoms with Crippen LogP contribution in [0, 0.1) is 0 Å².